The Labute approximate surface area is 107 Å². The minimum atomic E-state index is -0.587. The summed E-state index contributed by atoms with van der Waals surface area (Å²) in [6.45, 7) is 0. The van der Waals surface area contributed by atoms with E-state index in [0.29, 0.717) is 23.7 Å². The van der Waals surface area contributed by atoms with Crippen molar-refractivity contribution in [2.75, 3.05) is 0 Å². The van der Waals surface area contributed by atoms with E-state index in [4.69, 9.17) is 4.74 Å². The zero-order valence-electron chi connectivity index (χ0n) is 10.4. The maximum Gasteiger partial charge on any atom is 0.125 e. The van der Waals surface area contributed by atoms with Crippen molar-refractivity contribution >= 4 is 0 Å². The highest BCUT2D eigenvalue weighted by Crippen LogP contribution is 2.40. The first-order valence-corrected chi connectivity index (χ1v) is 6.88. The second kappa shape index (κ2) is 4.88. The molecule has 1 aromatic carbocycles. The van der Waals surface area contributed by atoms with Gasteiger partial charge in [-0.1, -0.05) is 19.3 Å². The van der Waals surface area contributed by atoms with E-state index in [1.54, 1.807) is 6.07 Å². The van der Waals surface area contributed by atoms with Gasteiger partial charge in [0.05, 0.1) is 6.10 Å². The summed E-state index contributed by atoms with van der Waals surface area (Å²) in [7, 11) is 0. The quantitative estimate of drug-likeness (QED) is 0.825. The number of rotatable bonds is 1. The Morgan fingerprint density at radius 2 is 1.94 bits per heavy atom. The van der Waals surface area contributed by atoms with Gasteiger partial charge < -0.3 is 9.84 Å². The summed E-state index contributed by atoms with van der Waals surface area (Å²) in [4.78, 5) is 0. The number of benzene rings is 1. The summed E-state index contributed by atoms with van der Waals surface area (Å²) in [5, 5.41) is 10.1. The molecule has 1 unspecified atom stereocenters. The first-order chi connectivity index (χ1) is 8.74. The lowest BCUT2D eigenvalue weighted by Crippen LogP contribution is -2.34. The summed E-state index contributed by atoms with van der Waals surface area (Å²) < 4.78 is 19.1. The molecule has 0 aromatic heterocycles. The van der Waals surface area contributed by atoms with E-state index in [1.165, 1.54) is 44.2 Å². The van der Waals surface area contributed by atoms with E-state index in [1.807, 2.05) is 0 Å². The molecule has 18 heavy (non-hydrogen) atoms. The molecule has 2 nitrogen and oxygen atoms in total. The first-order valence-electron chi connectivity index (χ1n) is 6.88. The van der Waals surface area contributed by atoms with Crippen LogP contribution in [0.1, 0.15) is 50.2 Å². The van der Waals surface area contributed by atoms with Gasteiger partial charge in [0.25, 0.3) is 0 Å². The van der Waals surface area contributed by atoms with Gasteiger partial charge in [-0.05, 0) is 37.0 Å². The number of fused-ring (bicyclic) bond motifs is 1. The monoisotopic (exact) mass is 250 g/mol. The van der Waals surface area contributed by atoms with Crippen LogP contribution in [0.2, 0.25) is 0 Å². The lowest BCUT2D eigenvalue weighted by molar-refractivity contribution is 0.0231. The number of aliphatic hydroxyl groups is 1. The average molecular weight is 250 g/mol. The van der Waals surface area contributed by atoms with Gasteiger partial charge in [-0.25, -0.2) is 4.39 Å². The summed E-state index contributed by atoms with van der Waals surface area (Å²) in [6.07, 6.45) is 6.32. The molecule has 0 spiro atoms. The molecule has 1 heterocycles. The average Bonchev–Trinajstić information content (AvgIpc) is 2.40. The highest BCUT2D eigenvalue weighted by Gasteiger charge is 2.33. The summed E-state index contributed by atoms with van der Waals surface area (Å²) >= 11 is 0. The van der Waals surface area contributed by atoms with Crippen molar-refractivity contribution in [3.05, 3.63) is 29.6 Å². The topological polar surface area (TPSA) is 29.5 Å². The Balaban J connectivity index is 1.80. The van der Waals surface area contributed by atoms with Crippen LogP contribution in [0.5, 0.6) is 5.75 Å². The van der Waals surface area contributed by atoms with Crippen LogP contribution in [-0.4, -0.2) is 11.2 Å². The van der Waals surface area contributed by atoms with Gasteiger partial charge in [0.2, 0.25) is 0 Å². The van der Waals surface area contributed by atoms with Crippen molar-refractivity contribution < 1.29 is 14.2 Å². The SMILES string of the molecule is O[C@H]1CC(C2CCCCC2)Oc2ccc(F)cc21. The molecule has 1 N–H and O–H groups in total. The number of hydrogen-bond donors (Lipinski definition) is 1. The summed E-state index contributed by atoms with van der Waals surface area (Å²) in [6, 6.07) is 4.43. The molecule has 1 fully saturated rings. The van der Waals surface area contributed by atoms with Crippen molar-refractivity contribution in [1.29, 1.82) is 0 Å². The van der Waals surface area contributed by atoms with Gasteiger partial charge in [-0.15, -0.1) is 0 Å². The maximum absolute atomic E-state index is 13.2. The summed E-state index contributed by atoms with van der Waals surface area (Å²) in [5.74, 6) is 0.893. The van der Waals surface area contributed by atoms with E-state index in [2.05, 4.69) is 0 Å². The van der Waals surface area contributed by atoms with E-state index in [0.717, 1.165) is 0 Å². The predicted molar refractivity (Wildman–Crippen MR) is 67.0 cm³/mol. The van der Waals surface area contributed by atoms with E-state index in [9.17, 15) is 9.50 Å². The van der Waals surface area contributed by atoms with Crippen molar-refractivity contribution in [3.63, 3.8) is 0 Å². The third-order valence-corrected chi connectivity index (χ3v) is 4.24. The van der Waals surface area contributed by atoms with Gasteiger partial charge in [-0.3, -0.25) is 0 Å². The second-order valence-corrected chi connectivity index (χ2v) is 5.49. The van der Waals surface area contributed by atoms with E-state index >= 15 is 0 Å². The van der Waals surface area contributed by atoms with Gasteiger partial charge in [0.15, 0.2) is 0 Å². The Morgan fingerprint density at radius 1 is 1.17 bits per heavy atom. The third kappa shape index (κ3) is 2.24. The smallest absolute Gasteiger partial charge is 0.125 e. The molecule has 0 saturated heterocycles. The molecule has 0 bridgehead atoms. The number of hydrogen-bond acceptors (Lipinski definition) is 2. The van der Waals surface area contributed by atoms with Crippen LogP contribution in [0.25, 0.3) is 0 Å². The predicted octanol–water partition coefficient (Wildman–Crippen LogP) is 3.59. The van der Waals surface area contributed by atoms with E-state index in [-0.39, 0.29) is 11.9 Å². The molecule has 0 radical (unpaired) electrons. The highest BCUT2D eigenvalue weighted by molar-refractivity contribution is 5.37. The standard InChI is InChI=1S/C15H19FO2/c16-11-6-7-14-12(8-11)13(17)9-15(18-14)10-4-2-1-3-5-10/h6-8,10,13,15,17H,1-5,9H2/t13-,15?/m0/s1. The lowest BCUT2D eigenvalue weighted by atomic mass is 9.81. The van der Waals surface area contributed by atoms with Crippen LogP contribution in [0.4, 0.5) is 4.39 Å². The Morgan fingerprint density at radius 3 is 2.72 bits per heavy atom. The third-order valence-electron chi connectivity index (χ3n) is 4.24. The fourth-order valence-corrected chi connectivity index (χ4v) is 3.24. The summed E-state index contributed by atoms with van der Waals surface area (Å²) in [5.41, 5.74) is 0.599. The zero-order chi connectivity index (χ0) is 12.5. The van der Waals surface area contributed by atoms with Crippen LogP contribution < -0.4 is 4.74 Å². The molecular formula is C15H19FO2. The first kappa shape index (κ1) is 12.0. The van der Waals surface area contributed by atoms with Gasteiger partial charge in [0, 0.05) is 12.0 Å². The van der Waals surface area contributed by atoms with Gasteiger partial charge in [-0.2, -0.15) is 0 Å². The molecule has 0 amide bonds. The molecule has 1 aliphatic heterocycles. The van der Waals surface area contributed by atoms with Crippen LogP contribution in [0, 0.1) is 11.7 Å². The molecule has 2 aliphatic rings. The number of halogens is 1. The second-order valence-electron chi connectivity index (χ2n) is 5.49. The fourth-order valence-electron chi connectivity index (χ4n) is 3.24. The molecule has 1 aromatic rings. The van der Waals surface area contributed by atoms with Gasteiger partial charge in [0.1, 0.15) is 17.7 Å². The number of aliphatic hydroxyl groups excluding tert-OH is 1. The Bertz CT molecular complexity index is 427. The largest absolute Gasteiger partial charge is 0.490 e. The van der Waals surface area contributed by atoms with Gasteiger partial charge >= 0.3 is 0 Å². The van der Waals surface area contributed by atoms with Crippen molar-refractivity contribution in [2.24, 2.45) is 5.92 Å². The van der Waals surface area contributed by atoms with Crippen molar-refractivity contribution in [1.82, 2.24) is 0 Å². The zero-order valence-corrected chi connectivity index (χ0v) is 10.4. The molecule has 1 aliphatic carbocycles. The molecule has 98 valence electrons. The molecule has 3 heteroatoms. The lowest BCUT2D eigenvalue weighted by Gasteiger charge is -2.36. The normalized spacial score (nSPS) is 28.6. The van der Waals surface area contributed by atoms with Crippen molar-refractivity contribution in [3.8, 4) is 5.75 Å². The van der Waals surface area contributed by atoms with Crippen LogP contribution in [0.3, 0.4) is 0 Å². The van der Waals surface area contributed by atoms with E-state index < -0.39 is 6.10 Å². The fraction of sp³-hybridized carbons (Fsp3) is 0.600. The van der Waals surface area contributed by atoms with Crippen molar-refractivity contribution in [2.45, 2.75) is 50.7 Å². The van der Waals surface area contributed by atoms with Crippen LogP contribution in [0.15, 0.2) is 18.2 Å². The van der Waals surface area contributed by atoms with Crippen LogP contribution in [-0.2, 0) is 0 Å². The Kier molecular flexibility index (Phi) is 3.25. The van der Waals surface area contributed by atoms with Crippen LogP contribution >= 0.6 is 0 Å². The molecular weight excluding hydrogens is 231 g/mol. The minimum absolute atomic E-state index is 0.0956. The Hall–Kier alpha value is -1.09. The number of ether oxygens (including phenoxy) is 1. The molecule has 3 rings (SSSR count). The molecule has 2 atom stereocenters. The maximum atomic E-state index is 13.2. The minimum Gasteiger partial charge on any atom is -0.490 e. The highest BCUT2D eigenvalue weighted by atomic mass is 19.1. The molecule has 1 saturated carbocycles.